The van der Waals surface area contributed by atoms with E-state index in [1.54, 1.807) is 49.4 Å². The predicted molar refractivity (Wildman–Crippen MR) is 121 cm³/mol. The number of hydrogen-bond acceptors (Lipinski definition) is 5. The fourth-order valence-electron chi connectivity index (χ4n) is 2.97. The summed E-state index contributed by atoms with van der Waals surface area (Å²) < 4.78 is 0. The number of aromatic carboxylic acids is 1. The fourth-order valence-corrected chi connectivity index (χ4v) is 4.28. The number of benzene rings is 2. The maximum atomic E-state index is 12.4. The van der Waals surface area contributed by atoms with Gasteiger partial charge in [0.1, 0.15) is 5.69 Å². The molecule has 30 heavy (non-hydrogen) atoms. The highest BCUT2D eigenvalue weighted by molar-refractivity contribution is 8.18. The molecular weight excluding hydrogens is 445 g/mol. The largest absolute Gasteiger partial charge is 0.478 e. The third-order valence-electron chi connectivity index (χ3n) is 4.29. The van der Waals surface area contributed by atoms with E-state index in [2.05, 4.69) is 15.3 Å². The van der Waals surface area contributed by atoms with Crippen LogP contribution in [0.1, 0.15) is 21.6 Å². The average molecular weight is 458 g/mol. The maximum absolute atomic E-state index is 12.4. The van der Waals surface area contributed by atoms with Gasteiger partial charge >= 0.3 is 5.97 Å². The minimum atomic E-state index is -1.03. The highest BCUT2D eigenvalue weighted by atomic mass is 35.5. The van der Waals surface area contributed by atoms with Crippen molar-refractivity contribution in [3.63, 3.8) is 0 Å². The van der Waals surface area contributed by atoms with E-state index in [1.165, 1.54) is 6.07 Å². The number of rotatable bonds is 3. The Morgan fingerprint density at radius 3 is 2.63 bits per heavy atom. The summed E-state index contributed by atoms with van der Waals surface area (Å²) in [5.74, 6) is -1.35. The summed E-state index contributed by atoms with van der Waals surface area (Å²) >= 11 is 13.4. The second-order valence-corrected chi connectivity index (χ2v) is 8.29. The van der Waals surface area contributed by atoms with Crippen molar-refractivity contribution in [2.75, 3.05) is 0 Å². The molecule has 6 nitrogen and oxygen atoms in total. The standard InChI is InChI=1S/C21H13Cl2N3O3S/c1-10-7-13(20(28)29)12-8-11(5-6-16(12)24-10)9-17-19(27)26-21(30-17)25-18-14(22)3-2-4-15(18)23/h2-9H,1H3,(H,28,29)(H,25,26,27). The van der Waals surface area contributed by atoms with E-state index in [4.69, 9.17) is 23.2 Å². The Kier molecular flexibility index (Phi) is 5.51. The van der Waals surface area contributed by atoms with Crippen LogP contribution in [0.25, 0.3) is 17.0 Å². The van der Waals surface area contributed by atoms with Crippen LogP contribution < -0.4 is 5.32 Å². The van der Waals surface area contributed by atoms with E-state index >= 15 is 0 Å². The molecule has 2 N–H and O–H groups in total. The summed E-state index contributed by atoms with van der Waals surface area (Å²) in [6.07, 6.45) is 1.67. The van der Waals surface area contributed by atoms with Gasteiger partial charge in [0.2, 0.25) is 0 Å². The highest BCUT2D eigenvalue weighted by Crippen LogP contribution is 2.35. The molecular formula is C21H13Cl2N3O3S. The number of pyridine rings is 1. The molecule has 1 aromatic heterocycles. The van der Waals surface area contributed by atoms with Crippen molar-refractivity contribution in [1.82, 2.24) is 10.3 Å². The Bertz CT molecular complexity index is 1270. The first-order valence-electron chi connectivity index (χ1n) is 8.70. The summed E-state index contributed by atoms with van der Waals surface area (Å²) in [5, 5.41) is 13.8. The van der Waals surface area contributed by atoms with Crippen molar-refractivity contribution < 1.29 is 14.7 Å². The molecule has 0 aliphatic carbocycles. The Labute approximate surface area is 185 Å². The number of amides is 1. The molecule has 1 amide bonds. The molecule has 150 valence electrons. The van der Waals surface area contributed by atoms with Crippen LogP contribution in [0.5, 0.6) is 0 Å². The maximum Gasteiger partial charge on any atom is 0.336 e. The van der Waals surface area contributed by atoms with Gasteiger partial charge in [-0.05, 0) is 60.7 Å². The van der Waals surface area contributed by atoms with Crippen LogP contribution in [0, 0.1) is 6.92 Å². The molecule has 2 heterocycles. The quantitative estimate of drug-likeness (QED) is 0.510. The number of carboxylic acids is 1. The topological polar surface area (TPSA) is 91.6 Å². The van der Waals surface area contributed by atoms with Gasteiger partial charge in [-0.15, -0.1) is 0 Å². The van der Waals surface area contributed by atoms with Gasteiger partial charge in [0.15, 0.2) is 5.17 Å². The Morgan fingerprint density at radius 2 is 1.93 bits per heavy atom. The normalized spacial score (nSPS) is 16.4. The highest BCUT2D eigenvalue weighted by Gasteiger charge is 2.24. The van der Waals surface area contributed by atoms with Crippen molar-refractivity contribution >= 4 is 74.7 Å². The van der Waals surface area contributed by atoms with E-state index < -0.39 is 5.97 Å². The summed E-state index contributed by atoms with van der Waals surface area (Å²) in [6, 6.07) is 11.8. The number of nitrogens with zero attached hydrogens (tertiary/aromatic N) is 2. The molecule has 0 radical (unpaired) electrons. The van der Waals surface area contributed by atoms with E-state index in [-0.39, 0.29) is 11.5 Å². The monoisotopic (exact) mass is 457 g/mol. The number of fused-ring (bicyclic) bond motifs is 1. The molecule has 1 aliphatic heterocycles. The van der Waals surface area contributed by atoms with E-state index in [9.17, 15) is 14.7 Å². The lowest BCUT2D eigenvalue weighted by molar-refractivity contribution is -0.115. The van der Waals surface area contributed by atoms with Crippen molar-refractivity contribution in [2.24, 2.45) is 4.99 Å². The van der Waals surface area contributed by atoms with Crippen LogP contribution in [0.2, 0.25) is 10.0 Å². The molecule has 0 unspecified atom stereocenters. The number of thioether (sulfide) groups is 1. The number of aryl methyl sites for hydroxylation is 1. The molecule has 1 saturated heterocycles. The van der Waals surface area contributed by atoms with Crippen molar-refractivity contribution in [1.29, 1.82) is 0 Å². The number of hydrogen-bond donors (Lipinski definition) is 2. The van der Waals surface area contributed by atoms with Crippen molar-refractivity contribution in [3.05, 3.63) is 74.2 Å². The zero-order chi connectivity index (χ0) is 21.4. The first-order valence-corrected chi connectivity index (χ1v) is 10.3. The molecule has 4 rings (SSSR count). The van der Waals surface area contributed by atoms with E-state index in [0.29, 0.717) is 48.0 Å². The number of amidine groups is 1. The SMILES string of the molecule is Cc1cc(C(=O)O)c2cc(C=C3SC(=Nc4c(Cl)cccc4Cl)NC3=O)ccc2n1. The molecule has 0 bridgehead atoms. The molecule has 9 heteroatoms. The summed E-state index contributed by atoms with van der Waals surface area (Å²) in [6.45, 7) is 1.74. The zero-order valence-corrected chi connectivity index (χ0v) is 17.8. The number of para-hydroxylation sites is 1. The lowest BCUT2D eigenvalue weighted by Crippen LogP contribution is -2.19. The molecule has 0 spiro atoms. The van der Waals surface area contributed by atoms with Crippen molar-refractivity contribution in [3.8, 4) is 0 Å². The number of nitrogens with one attached hydrogen (secondary N) is 1. The van der Waals surface area contributed by atoms with Crippen LogP contribution in [-0.2, 0) is 4.79 Å². The molecule has 1 aliphatic rings. The Morgan fingerprint density at radius 1 is 1.20 bits per heavy atom. The molecule has 3 aromatic rings. The smallest absolute Gasteiger partial charge is 0.336 e. The number of carbonyl (C=O) groups is 2. The third kappa shape index (κ3) is 4.05. The second-order valence-electron chi connectivity index (χ2n) is 6.44. The number of carboxylic acid groups (broad SMARTS) is 1. The molecule has 1 fully saturated rings. The zero-order valence-electron chi connectivity index (χ0n) is 15.4. The van der Waals surface area contributed by atoms with Crippen LogP contribution >= 0.6 is 35.0 Å². The molecule has 0 atom stereocenters. The van der Waals surface area contributed by atoms with E-state index in [1.807, 2.05) is 0 Å². The third-order valence-corrected chi connectivity index (χ3v) is 5.81. The lowest BCUT2D eigenvalue weighted by Gasteiger charge is -2.05. The lowest BCUT2D eigenvalue weighted by atomic mass is 10.0. The van der Waals surface area contributed by atoms with Crippen LogP contribution in [0.4, 0.5) is 5.69 Å². The second kappa shape index (κ2) is 8.10. The summed E-state index contributed by atoms with van der Waals surface area (Å²) in [7, 11) is 0. The minimum absolute atomic E-state index is 0.164. The van der Waals surface area contributed by atoms with Gasteiger partial charge < -0.3 is 10.4 Å². The fraction of sp³-hybridized carbons (Fsp3) is 0.0476. The number of aromatic nitrogens is 1. The summed E-state index contributed by atoms with van der Waals surface area (Å²) in [5.41, 5.74) is 2.41. The van der Waals surface area contributed by atoms with Crippen LogP contribution in [-0.4, -0.2) is 27.1 Å². The van der Waals surface area contributed by atoms with Gasteiger partial charge in [0.25, 0.3) is 5.91 Å². The van der Waals surface area contributed by atoms with Gasteiger partial charge in [-0.25, -0.2) is 9.79 Å². The minimum Gasteiger partial charge on any atom is -0.478 e. The molecule has 0 saturated carbocycles. The van der Waals surface area contributed by atoms with Gasteiger partial charge in [0.05, 0.1) is 26.0 Å². The number of aliphatic imine (C=N–C) groups is 1. The van der Waals surface area contributed by atoms with Gasteiger partial charge in [-0.3, -0.25) is 9.78 Å². The summed E-state index contributed by atoms with van der Waals surface area (Å²) in [4.78, 5) is 33.1. The Hall–Kier alpha value is -2.87. The predicted octanol–water partition coefficient (Wildman–Crippen LogP) is 5.44. The van der Waals surface area contributed by atoms with Crippen LogP contribution in [0.3, 0.4) is 0 Å². The van der Waals surface area contributed by atoms with Gasteiger partial charge in [0, 0.05) is 11.1 Å². The first kappa shape index (κ1) is 20.4. The molecule has 2 aromatic carbocycles. The van der Waals surface area contributed by atoms with Gasteiger partial charge in [-0.2, -0.15) is 0 Å². The number of carbonyl (C=O) groups excluding carboxylic acids is 1. The average Bonchev–Trinajstić information content (AvgIpc) is 3.03. The van der Waals surface area contributed by atoms with Crippen LogP contribution in [0.15, 0.2) is 52.4 Å². The first-order chi connectivity index (χ1) is 14.3. The Balaban J connectivity index is 1.70. The number of halogens is 2. The van der Waals surface area contributed by atoms with Gasteiger partial charge in [-0.1, -0.05) is 35.3 Å². The van der Waals surface area contributed by atoms with E-state index in [0.717, 1.165) is 11.8 Å². The van der Waals surface area contributed by atoms with Crippen molar-refractivity contribution in [2.45, 2.75) is 6.92 Å².